The van der Waals surface area contributed by atoms with E-state index in [1.807, 2.05) is 29.2 Å². The number of nitrogens with zero attached hydrogens (tertiary/aromatic N) is 3. The molecular formula is C31H37N3O2. The predicted molar refractivity (Wildman–Crippen MR) is 146 cm³/mol. The van der Waals surface area contributed by atoms with Gasteiger partial charge in [0, 0.05) is 51.4 Å². The number of benzene rings is 3. The van der Waals surface area contributed by atoms with Crippen LogP contribution in [0.15, 0.2) is 78.9 Å². The molecule has 0 atom stereocenters. The zero-order chi connectivity index (χ0) is 24.7. The van der Waals surface area contributed by atoms with E-state index < -0.39 is 0 Å². The molecule has 2 heterocycles. The Morgan fingerprint density at radius 3 is 2.14 bits per heavy atom. The van der Waals surface area contributed by atoms with Gasteiger partial charge in [0.2, 0.25) is 0 Å². The van der Waals surface area contributed by atoms with Crippen molar-refractivity contribution in [2.75, 3.05) is 51.3 Å². The number of carbonyl (C=O) groups excluding carboxylic acids is 1. The Kier molecular flexibility index (Phi) is 7.87. The SMILES string of the molecule is COc1ccccc1N1CCN(Cc2ccc(C(=O)N3CCC(Cc4ccccc4)CC3)cc2)CC1. The van der Waals surface area contributed by atoms with E-state index in [4.69, 9.17) is 4.74 Å². The Hall–Kier alpha value is -3.31. The topological polar surface area (TPSA) is 36.0 Å². The Bertz CT molecular complexity index is 1120. The first-order chi connectivity index (χ1) is 17.7. The fourth-order valence-corrected chi connectivity index (χ4v) is 5.52. The zero-order valence-corrected chi connectivity index (χ0v) is 21.3. The molecule has 3 aromatic carbocycles. The largest absolute Gasteiger partial charge is 0.495 e. The molecule has 5 rings (SSSR count). The van der Waals surface area contributed by atoms with Crippen LogP contribution in [0.2, 0.25) is 0 Å². The number of hydrogen-bond acceptors (Lipinski definition) is 4. The summed E-state index contributed by atoms with van der Waals surface area (Å²) in [4.78, 5) is 20.0. The Morgan fingerprint density at radius 1 is 0.778 bits per heavy atom. The molecule has 0 unspecified atom stereocenters. The van der Waals surface area contributed by atoms with E-state index in [2.05, 4.69) is 64.4 Å². The van der Waals surface area contributed by atoms with E-state index in [-0.39, 0.29) is 5.91 Å². The summed E-state index contributed by atoms with van der Waals surface area (Å²) in [7, 11) is 1.73. The molecule has 2 aliphatic heterocycles. The lowest BCUT2D eigenvalue weighted by Crippen LogP contribution is -2.46. The average molecular weight is 484 g/mol. The highest BCUT2D eigenvalue weighted by Gasteiger charge is 2.24. The third-order valence-electron chi connectivity index (χ3n) is 7.67. The molecular weight excluding hydrogens is 446 g/mol. The second-order valence-electron chi connectivity index (χ2n) is 10.1. The van der Waals surface area contributed by atoms with Crippen LogP contribution in [-0.2, 0) is 13.0 Å². The number of methoxy groups -OCH3 is 1. The molecule has 5 nitrogen and oxygen atoms in total. The van der Waals surface area contributed by atoms with Crippen molar-refractivity contribution in [1.82, 2.24) is 9.80 Å². The third kappa shape index (κ3) is 5.90. The number of ether oxygens (including phenoxy) is 1. The summed E-state index contributed by atoms with van der Waals surface area (Å²) in [6, 6.07) is 27.2. The van der Waals surface area contributed by atoms with Gasteiger partial charge in [-0.2, -0.15) is 0 Å². The van der Waals surface area contributed by atoms with Gasteiger partial charge in [-0.25, -0.2) is 0 Å². The van der Waals surface area contributed by atoms with Crippen LogP contribution in [0.4, 0.5) is 5.69 Å². The van der Waals surface area contributed by atoms with Crippen LogP contribution in [0, 0.1) is 5.92 Å². The van der Waals surface area contributed by atoms with Gasteiger partial charge in [-0.3, -0.25) is 9.69 Å². The van der Waals surface area contributed by atoms with E-state index in [0.717, 1.165) is 76.4 Å². The van der Waals surface area contributed by atoms with Gasteiger partial charge in [0.15, 0.2) is 0 Å². The highest BCUT2D eigenvalue weighted by Crippen LogP contribution is 2.28. The predicted octanol–water partition coefficient (Wildman–Crippen LogP) is 5.11. The molecule has 5 heteroatoms. The first-order valence-corrected chi connectivity index (χ1v) is 13.2. The number of anilines is 1. The van der Waals surface area contributed by atoms with Crippen LogP contribution in [0.5, 0.6) is 5.75 Å². The van der Waals surface area contributed by atoms with Gasteiger partial charge in [0.05, 0.1) is 12.8 Å². The lowest BCUT2D eigenvalue weighted by Gasteiger charge is -2.36. The lowest BCUT2D eigenvalue weighted by atomic mass is 9.90. The van der Waals surface area contributed by atoms with Crippen LogP contribution < -0.4 is 9.64 Å². The number of piperidine rings is 1. The van der Waals surface area contributed by atoms with E-state index in [9.17, 15) is 4.79 Å². The molecule has 0 radical (unpaired) electrons. The van der Waals surface area contributed by atoms with Crippen LogP contribution in [-0.4, -0.2) is 62.1 Å². The molecule has 0 bridgehead atoms. The summed E-state index contributed by atoms with van der Waals surface area (Å²) in [5.41, 5.74) is 4.64. The summed E-state index contributed by atoms with van der Waals surface area (Å²) in [6.45, 7) is 6.61. The van der Waals surface area contributed by atoms with Gasteiger partial charge in [-0.05, 0) is 60.6 Å². The van der Waals surface area contributed by atoms with Gasteiger partial charge in [0.1, 0.15) is 5.75 Å². The van der Waals surface area contributed by atoms with E-state index in [1.165, 1.54) is 16.8 Å². The molecule has 2 saturated heterocycles. The number of likely N-dealkylation sites (tertiary alicyclic amines) is 1. The highest BCUT2D eigenvalue weighted by molar-refractivity contribution is 5.94. The number of amides is 1. The molecule has 188 valence electrons. The second kappa shape index (κ2) is 11.6. The molecule has 36 heavy (non-hydrogen) atoms. The summed E-state index contributed by atoms with van der Waals surface area (Å²) in [5, 5.41) is 0. The van der Waals surface area contributed by atoms with Crippen molar-refractivity contribution in [3.05, 3.63) is 95.6 Å². The van der Waals surface area contributed by atoms with Gasteiger partial charge in [0.25, 0.3) is 5.91 Å². The molecule has 2 aliphatic rings. The van der Waals surface area contributed by atoms with Crippen LogP contribution in [0.3, 0.4) is 0 Å². The molecule has 0 N–H and O–H groups in total. The molecule has 0 aromatic heterocycles. The van der Waals surface area contributed by atoms with Crippen molar-refractivity contribution in [2.24, 2.45) is 5.92 Å². The lowest BCUT2D eigenvalue weighted by molar-refractivity contribution is 0.0690. The quantitative estimate of drug-likeness (QED) is 0.468. The van der Waals surface area contributed by atoms with Crippen molar-refractivity contribution in [2.45, 2.75) is 25.8 Å². The van der Waals surface area contributed by atoms with Crippen molar-refractivity contribution < 1.29 is 9.53 Å². The average Bonchev–Trinajstić information content (AvgIpc) is 2.94. The summed E-state index contributed by atoms with van der Waals surface area (Å²) in [6.07, 6.45) is 3.28. The summed E-state index contributed by atoms with van der Waals surface area (Å²) < 4.78 is 5.54. The van der Waals surface area contributed by atoms with Crippen molar-refractivity contribution >= 4 is 11.6 Å². The fraction of sp³-hybridized carbons (Fsp3) is 0.387. The molecule has 1 amide bonds. The first kappa shape index (κ1) is 24.4. The zero-order valence-electron chi connectivity index (χ0n) is 21.3. The third-order valence-corrected chi connectivity index (χ3v) is 7.67. The van der Waals surface area contributed by atoms with Crippen LogP contribution >= 0.6 is 0 Å². The van der Waals surface area contributed by atoms with Gasteiger partial charge >= 0.3 is 0 Å². The van der Waals surface area contributed by atoms with Gasteiger partial charge < -0.3 is 14.5 Å². The van der Waals surface area contributed by atoms with Crippen LogP contribution in [0.1, 0.15) is 34.3 Å². The number of hydrogen-bond donors (Lipinski definition) is 0. The minimum atomic E-state index is 0.171. The molecule has 2 fully saturated rings. The summed E-state index contributed by atoms with van der Waals surface area (Å²) >= 11 is 0. The number of carbonyl (C=O) groups is 1. The normalized spacial score (nSPS) is 17.2. The van der Waals surface area contributed by atoms with Gasteiger partial charge in [-0.1, -0.05) is 54.6 Å². The minimum Gasteiger partial charge on any atom is -0.495 e. The van der Waals surface area contributed by atoms with Crippen molar-refractivity contribution in [3.63, 3.8) is 0 Å². The van der Waals surface area contributed by atoms with Crippen molar-refractivity contribution in [3.8, 4) is 5.75 Å². The second-order valence-corrected chi connectivity index (χ2v) is 10.1. The summed E-state index contributed by atoms with van der Waals surface area (Å²) in [5.74, 6) is 1.78. The van der Waals surface area contributed by atoms with Crippen LogP contribution in [0.25, 0.3) is 0 Å². The van der Waals surface area contributed by atoms with Crippen molar-refractivity contribution in [1.29, 1.82) is 0 Å². The van der Waals surface area contributed by atoms with E-state index in [0.29, 0.717) is 5.92 Å². The molecule has 0 aliphatic carbocycles. The van der Waals surface area contributed by atoms with Gasteiger partial charge in [-0.15, -0.1) is 0 Å². The maximum absolute atomic E-state index is 13.1. The highest BCUT2D eigenvalue weighted by atomic mass is 16.5. The first-order valence-electron chi connectivity index (χ1n) is 13.2. The number of para-hydroxylation sites is 2. The number of piperazine rings is 1. The monoisotopic (exact) mass is 483 g/mol. The standard InChI is InChI=1S/C31H37N3O2/c1-36-30-10-6-5-9-29(30)33-21-19-32(20-22-33)24-27-11-13-28(14-12-27)31(35)34-17-15-26(16-18-34)23-25-7-3-2-4-8-25/h2-14,26H,15-24H2,1H3. The molecule has 0 saturated carbocycles. The fourth-order valence-electron chi connectivity index (χ4n) is 5.52. The van der Waals surface area contributed by atoms with E-state index >= 15 is 0 Å². The Balaban J connectivity index is 1.09. The van der Waals surface area contributed by atoms with E-state index in [1.54, 1.807) is 7.11 Å². The maximum Gasteiger partial charge on any atom is 0.253 e. The molecule has 0 spiro atoms. The maximum atomic E-state index is 13.1. The number of rotatable bonds is 7. The minimum absolute atomic E-state index is 0.171. The Labute approximate surface area is 215 Å². The Morgan fingerprint density at radius 2 is 1.44 bits per heavy atom. The molecule has 3 aromatic rings. The smallest absolute Gasteiger partial charge is 0.253 e.